The van der Waals surface area contributed by atoms with Crippen LogP contribution in [0.15, 0.2) is 46.9 Å². The van der Waals surface area contributed by atoms with E-state index in [1.54, 1.807) is 7.11 Å². The molecule has 2 aromatic rings. The molecule has 0 aliphatic rings. The fourth-order valence-corrected chi connectivity index (χ4v) is 2.99. The number of hydrogen-bond donors (Lipinski definition) is 1. The summed E-state index contributed by atoms with van der Waals surface area (Å²) < 4.78 is 12.0. The Morgan fingerprint density at radius 3 is 2.77 bits per heavy atom. The van der Waals surface area contributed by atoms with Crippen LogP contribution in [-0.4, -0.2) is 44.7 Å². The van der Waals surface area contributed by atoms with Gasteiger partial charge in [0.2, 0.25) is 5.91 Å². The van der Waals surface area contributed by atoms with E-state index < -0.39 is 0 Å². The molecule has 0 saturated heterocycles. The number of aryl methyl sites for hydroxylation is 1. The third-order valence-electron chi connectivity index (χ3n) is 3.78. The zero-order valence-corrected chi connectivity index (χ0v) is 17.0. The average molecular weight is 421 g/mol. The van der Waals surface area contributed by atoms with Crippen LogP contribution in [0, 0.1) is 6.92 Å². The van der Waals surface area contributed by atoms with Crippen LogP contribution in [-0.2, 0) is 11.3 Å². The number of methoxy groups -OCH3 is 1. The predicted molar refractivity (Wildman–Crippen MR) is 107 cm³/mol. The number of ether oxygens (including phenoxy) is 2. The molecule has 0 atom stereocenters. The second-order valence-corrected chi connectivity index (χ2v) is 7.06. The highest BCUT2D eigenvalue weighted by Crippen LogP contribution is 2.23. The van der Waals surface area contributed by atoms with Gasteiger partial charge in [0.15, 0.2) is 0 Å². The van der Waals surface area contributed by atoms with Crippen LogP contribution in [0.4, 0.5) is 0 Å². The van der Waals surface area contributed by atoms with Gasteiger partial charge >= 0.3 is 0 Å². The maximum atomic E-state index is 12.1. The Morgan fingerprint density at radius 1 is 1.23 bits per heavy atom. The van der Waals surface area contributed by atoms with Crippen molar-refractivity contribution in [3.05, 3.63) is 58.1 Å². The number of nitrogens with one attached hydrogen (secondary N) is 1. The van der Waals surface area contributed by atoms with Crippen molar-refractivity contribution in [1.82, 2.24) is 10.2 Å². The molecule has 0 radical (unpaired) electrons. The third-order valence-corrected chi connectivity index (χ3v) is 4.27. The molecule has 0 bridgehead atoms. The van der Waals surface area contributed by atoms with Crippen LogP contribution < -0.4 is 14.8 Å². The van der Waals surface area contributed by atoms with Crippen molar-refractivity contribution >= 4 is 21.8 Å². The topological polar surface area (TPSA) is 50.8 Å². The van der Waals surface area contributed by atoms with Gasteiger partial charge in [-0.3, -0.25) is 9.69 Å². The van der Waals surface area contributed by atoms with E-state index in [9.17, 15) is 4.79 Å². The monoisotopic (exact) mass is 420 g/mol. The molecule has 0 aromatic heterocycles. The number of benzene rings is 2. The fourth-order valence-electron chi connectivity index (χ4n) is 2.58. The Morgan fingerprint density at radius 2 is 2.04 bits per heavy atom. The number of halogens is 1. The number of hydrogen-bond acceptors (Lipinski definition) is 4. The molecule has 26 heavy (non-hydrogen) atoms. The van der Waals surface area contributed by atoms with Gasteiger partial charge in [-0.15, -0.1) is 0 Å². The molecule has 140 valence electrons. The first-order chi connectivity index (χ1) is 12.5. The van der Waals surface area contributed by atoms with Gasteiger partial charge in [-0.25, -0.2) is 0 Å². The van der Waals surface area contributed by atoms with Crippen LogP contribution in [0.25, 0.3) is 0 Å². The zero-order valence-electron chi connectivity index (χ0n) is 15.4. The summed E-state index contributed by atoms with van der Waals surface area (Å²) in [7, 11) is 3.55. The Balaban J connectivity index is 1.73. The Kier molecular flexibility index (Phi) is 7.94. The lowest BCUT2D eigenvalue weighted by Crippen LogP contribution is -2.36. The highest BCUT2D eigenvalue weighted by Gasteiger charge is 2.10. The van der Waals surface area contributed by atoms with Crippen molar-refractivity contribution in [3.8, 4) is 11.5 Å². The summed E-state index contributed by atoms with van der Waals surface area (Å²) in [4.78, 5) is 14.0. The van der Waals surface area contributed by atoms with Gasteiger partial charge in [-0.2, -0.15) is 0 Å². The van der Waals surface area contributed by atoms with E-state index in [0.29, 0.717) is 26.2 Å². The quantitative estimate of drug-likeness (QED) is 0.631. The maximum absolute atomic E-state index is 12.1. The standard InChI is InChI=1S/C20H25BrN2O3/c1-15-5-4-6-18(11-15)26-10-9-22-20(24)14-23(2)13-16-12-17(21)7-8-19(16)25-3/h4-8,11-12H,9-10,13-14H2,1-3H3,(H,22,24). The molecule has 0 saturated carbocycles. The molecule has 5 nitrogen and oxygen atoms in total. The predicted octanol–water partition coefficient (Wildman–Crippen LogP) is 3.39. The minimum Gasteiger partial charge on any atom is -0.496 e. The summed E-state index contributed by atoms with van der Waals surface area (Å²) >= 11 is 3.46. The summed E-state index contributed by atoms with van der Waals surface area (Å²) in [5.41, 5.74) is 2.18. The van der Waals surface area contributed by atoms with E-state index in [0.717, 1.165) is 27.1 Å². The van der Waals surface area contributed by atoms with Crippen LogP contribution >= 0.6 is 15.9 Å². The zero-order chi connectivity index (χ0) is 18.9. The molecule has 1 amide bonds. The number of nitrogens with zero attached hydrogens (tertiary/aromatic N) is 1. The summed E-state index contributed by atoms with van der Waals surface area (Å²) in [5, 5.41) is 2.88. The smallest absolute Gasteiger partial charge is 0.234 e. The van der Waals surface area contributed by atoms with Gasteiger partial charge in [0.05, 0.1) is 20.2 Å². The maximum Gasteiger partial charge on any atom is 0.234 e. The fraction of sp³-hybridized carbons (Fsp3) is 0.350. The summed E-state index contributed by atoms with van der Waals surface area (Å²) in [6.45, 7) is 3.86. The lowest BCUT2D eigenvalue weighted by Gasteiger charge is -2.18. The van der Waals surface area contributed by atoms with Crippen LogP contribution in [0.1, 0.15) is 11.1 Å². The highest BCUT2D eigenvalue weighted by molar-refractivity contribution is 9.10. The van der Waals surface area contributed by atoms with E-state index in [4.69, 9.17) is 9.47 Å². The summed E-state index contributed by atoms with van der Waals surface area (Å²) in [6, 6.07) is 13.7. The first kappa shape index (κ1) is 20.3. The van der Waals surface area contributed by atoms with E-state index in [2.05, 4.69) is 21.2 Å². The molecule has 0 heterocycles. The molecule has 0 aliphatic heterocycles. The Hall–Kier alpha value is -2.05. The van der Waals surface area contributed by atoms with Gasteiger partial charge in [0.1, 0.15) is 18.1 Å². The molecular weight excluding hydrogens is 396 g/mol. The van der Waals surface area contributed by atoms with Gasteiger partial charge in [0.25, 0.3) is 0 Å². The van der Waals surface area contributed by atoms with Gasteiger partial charge in [0, 0.05) is 16.6 Å². The molecule has 2 rings (SSSR count). The highest BCUT2D eigenvalue weighted by atomic mass is 79.9. The largest absolute Gasteiger partial charge is 0.496 e. The van der Waals surface area contributed by atoms with Crippen molar-refractivity contribution in [2.24, 2.45) is 0 Å². The first-order valence-electron chi connectivity index (χ1n) is 8.45. The summed E-state index contributed by atoms with van der Waals surface area (Å²) in [5.74, 6) is 1.60. The molecule has 0 unspecified atom stereocenters. The number of carbonyl (C=O) groups excluding carboxylic acids is 1. The van der Waals surface area contributed by atoms with Gasteiger partial charge < -0.3 is 14.8 Å². The van der Waals surface area contributed by atoms with Gasteiger partial charge in [-0.05, 0) is 49.9 Å². The second-order valence-electron chi connectivity index (χ2n) is 6.14. The normalized spacial score (nSPS) is 10.7. The lowest BCUT2D eigenvalue weighted by atomic mass is 10.2. The van der Waals surface area contributed by atoms with Crippen molar-refractivity contribution in [2.75, 3.05) is 33.9 Å². The second kappa shape index (κ2) is 10.2. The van der Waals surface area contributed by atoms with Crippen molar-refractivity contribution in [3.63, 3.8) is 0 Å². The van der Waals surface area contributed by atoms with Crippen LogP contribution in [0.3, 0.4) is 0 Å². The van der Waals surface area contributed by atoms with Crippen LogP contribution in [0.5, 0.6) is 11.5 Å². The Labute approximate surface area is 163 Å². The number of likely N-dealkylation sites (N-methyl/N-ethyl adjacent to an activating group) is 1. The minimum absolute atomic E-state index is 0.0331. The molecule has 0 spiro atoms. The van der Waals surface area contributed by atoms with E-state index >= 15 is 0 Å². The number of rotatable bonds is 9. The average Bonchev–Trinajstić information content (AvgIpc) is 2.59. The first-order valence-corrected chi connectivity index (χ1v) is 9.24. The van der Waals surface area contributed by atoms with Crippen LogP contribution in [0.2, 0.25) is 0 Å². The molecule has 1 N–H and O–H groups in total. The number of carbonyl (C=O) groups is 1. The summed E-state index contributed by atoms with van der Waals surface area (Å²) in [6.07, 6.45) is 0. The van der Waals surface area contributed by atoms with E-state index in [-0.39, 0.29) is 5.91 Å². The van der Waals surface area contributed by atoms with Gasteiger partial charge in [-0.1, -0.05) is 28.1 Å². The van der Waals surface area contributed by atoms with Crippen molar-refractivity contribution in [2.45, 2.75) is 13.5 Å². The molecule has 0 fully saturated rings. The Bertz CT molecular complexity index is 737. The van der Waals surface area contributed by atoms with E-state index in [1.807, 2.05) is 61.3 Å². The van der Waals surface area contributed by atoms with E-state index in [1.165, 1.54) is 0 Å². The molecule has 2 aromatic carbocycles. The van der Waals surface area contributed by atoms with Crippen molar-refractivity contribution < 1.29 is 14.3 Å². The molecule has 0 aliphatic carbocycles. The molecule has 6 heteroatoms. The lowest BCUT2D eigenvalue weighted by molar-refractivity contribution is -0.122. The third kappa shape index (κ3) is 6.69. The number of amides is 1. The van der Waals surface area contributed by atoms with Crippen molar-refractivity contribution in [1.29, 1.82) is 0 Å². The minimum atomic E-state index is -0.0331. The SMILES string of the molecule is COc1ccc(Br)cc1CN(C)CC(=O)NCCOc1cccc(C)c1. The molecular formula is C20H25BrN2O3.